The zero-order valence-electron chi connectivity index (χ0n) is 11.1. The maximum Gasteiger partial charge on any atom is 0.271 e. The zero-order valence-corrected chi connectivity index (χ0v) is 11.1. The van der Waals surface area contributed by atoms with Crippen molar-refractivity contribution in [3.05, 3.63) is 33.9 Å². The fourth-order valence-corrected chi connectivity index (χ4v) is 2.13. The van der Waals surface area contributed by atoms with Crippen LogP contribution in [0.5, 0.6) is 0 Å². The van der Waals surface area contributed by atoms with Gasteiger partial charge in [0, 0.05) is 44.5 Å². The molecule has 6 heteroatoms. The van der Waals surface area contributed by atoms with Gasteiger partial charge in [-0.05, 0) is 12.5 Å². The summed E-state index contributed by atoms with van der Waals surface area (Å²) in [6.07, 6.45) is 0.824. The summed E-state index contributed by atoms with van der Waals surface area (Å²) in [4.78, 5) is 10.4. The summed E-state index contributed by atoms with van der Waals surface area (Å²) in [5.74, 6) is 0. The lowest BCUT2D eigenvalue weighted by atomic mass is 10.0. The van der Waals surface area contributed by atoms with Crippen LogP contribution < -0.4 is 5.32 Å². The number of ether oxygens (including phenoxy) is 2. The van der Waals surface area contributed by atoms with Crippen LogP contribution in [0.15, 0.2) is 18.2 Å². The fraction of sp³-hybridized carbons (Fsp3) is 0.538. The van der Waals surface area contributed by atoms with Crippen molar-refractivity contribution in [1.29, 1.82) is 0 Å². The number of nitro groups is 1. The number of rotatable bonds is 5. The molecule has 0 radical (unpaired) electrons. The molecule has 1 aromatic carbocycles. The second-order valence-electron chi connectivity index (χ2n) is 4.80. The number of non-ortho nitro benzene ring substituents is 1. The molecule has 0 aliphatic carbocycles. The van der Waals surface area contributed by atoms with Crippen LogP contribution in [0.3, 0.4) is 0 Å². The second-order valence-corrected chi connectivity index (χ2v) is 4.80. The van der Waals surface area contributed by atoms with E-state index in [9.17, 15) is 10.1 Å². The maximum absolute atomic E-state index is 10.8. The van der Waals surface area contributed by atoms with Gasteiger partial charge < -0.3 is 14.8 Å². The number of nitrogens with one attached hydrogen (secondary N) is 1. The van der Waals surface area contributed by atoms with E-state index in [-0.39, 0.29) is 11.3 Å². The number of hydrogen-bond acceptors (Lipinski definition) is 5. The molecule has 1 aromatic rings. The predicted molar refractivity (Wildman–Crippen MR) is 71.5 cm³/mol. The number of nitro benzene ring substituents is 1. The van der Waals surface area contributed by atoms with E-state index in [1.54, 1.807) is 19.2 Å². The molecule has 0 amide bonds. The number of methoxy groups -OCH3 is 1. The maximum atomic E-state index is 10.8. The zero-order chi connectivity index (χ0) is 13.9. The average molecular weight is 266 g/mol. The van der Waals surface area contributed by atoms with Crippen molar-refractivity contribution in [3.63, 3.8) is 0 Å². The summed E-state index contributed by atoms with van der Waals surface area (Å²) < 4.78 is 10.9. The fourth-order valence-electron chi connectivity index (χ4n) is 2.13. The predicted octanol–water partition coefficient (Wildman–Crippen LogP) is 2.12. The van der Waals surface area contributed by atoms with Gasteiger partial charge in [0.2, 0.25) is 0 Å². The molecule has 1 N–H and O–H groups in total. The van der Waals surface area contributed by atoms with Crippen LogP contribution in [0.2, 0.25) is 0 Å². The van der Waals surface area contributed by atoms with E-state index in [4.69, 9.17) is 9.47 Å². The molecular formula is C13H18N2O4. The Morgan fingerprint density at radius 2 is 2.37 bits per heavy atom. The van der Waals surface area contributed by atoms with E-state index in [1.165, 1.54) is 6.07 Å². The van der Waals surface area contributed by atoms with Gasteiger partial charge in [-0.2, -0.15) is 0 Å². The summed E-state index contributed by atoms with van der Waals surface area (Å²) in [6.45, 7) is 3.72. The molecule has 2 rings (SSSR count). The number of anilines is 1. The van der Waals surface area contributed by atoms with Gasteiger partial charge >= 0.3 is 0 Å². The smallest absolute Gasteiger partial charge is 0.271 e. The Kier molecular flexibility index (Phi) is 4.01. The lowest BCUT2D eigenvalue weighted by Crippen LogP contribution is -2.39. The molecule has 1 fully saturated rings. The third-order valence-electron chi connectivity index (χ3n) is 3.53. The Labute approximate surface area is 111 Å². The van der Waals surface area contributed by atoms with Gasteiger partial charge in [-0.25, -0.2) is 0 Å². The van der Waals surface area contributed by atoms with Gasteiger partial charge in [0.05, 0.1) is 11.5 Å². The summed E-state index contributed by atoms with van der Waals surface area (Å²) in [7, 11) is 1.66. The highest BCUT2D eigenvalue weighted by Crippen LogP contribution is 2.26. The summed E-state index contributed by atoms with van der Waals surface area (Å²) in [5, 5.41) is 14.0. The lowest BCUT2D eigenvalue weighted by molar-refractivity contribution is -0.384. The first-order valence-electron chi connectivity index (χ1n) is 6.18. The average Bonchev–Trinajstić information content (AvgIpc) is 2.87. The first kappa shape index (κ1) is 13.8. The van der Waals surface area contributed by atoms with Crippen molar-refractivity contribution >= 4 is 11.4 Å². The van der Waals surface area contributed by atoms with Crippen LogP contribution in [0, 0.1) is 17.0 Å². The van der Waals surface area contributed by atoms with E-state index >= 15 is 0 Å². The minimum absolute atomic E-state index is 0.0854. The lowest BCUT2D eigenvalue weighted by Gasteiger charge is -2.26. The van der Waals surface area contributed by atoms with Gasteiger partial charge in [0.15, 0.2) is 0 Å². The Balaban J connectivity index is 2.10. The van der Waals surface area contributed by atoms with Crippen LogP contribution in [0.1, 0.15) is 12.0 Å². The Hall–Kier alpha value is -1.66. The normalized spacial score (nSPS) is 22.4. The highest BCUT2D eigenvalue weighted by molar-refractivity contribution is 5.57. The largest absolute Gasteiger partial charge is 0.382 e. The van der Waals surface area contributed by atoms with Crippen molar-refractivity contribution in [3.8, 4) is 0 Å². The van der Waals surface area contributed by atoms with Gasteiger partial charge in [0.1, 0.15) is 5.60 Å². The minimum Gasteiger partial charge on any atom is -0.382 e. The molecule has 1 heterocycles. The minimum atomic E-state index is -0.393. The summed E-state index contributed by atoms with van der Waals surface area (Å²) in [5.41, 5.74) is 1.48. The number of nitrogens with zero attached hydrogens (tertiary/aromatic N) is 1. The molecule has 19 heavy (non-hydrogen) atoms. The van der Waals surface area contributed by atoms with Gasteiger partial charge in [0.25, 0.3) is 5.69 Å². The second kappa shape index (κ2) is 5.54. The third-order valence-corrected chi connectivity index (χ3v) is 3.53. The first-order valence-corrected chi connectivity index (χ1v) is 6.18. The van der Waals surface area contributed by atoms with E-state index in [2.05, 4.69) is 5.32 Å². The SMILES string of the molecule is COC1(CNc2cc([N+](=O)[O-])ccc2C)CCOC1. The highest BCUT2D eigenvalue weighted by Gasteiger charge is 2.34. The van der Waals surface area contributed by atoms with Crippen LogP contribution in [-0.4, -0.2) is 37.4 Å². The van der Waals surface area contributed by atoms with Gasteiger partial charge in [-0.1, -0.05) is 6.07 Å². The summed E-state index contributed by atoms with van der Waals surface area (Å²) in [6, 6.07) is 4.80. The van der Waals surface area contributed by atoms with Crippen LogP contribution in [0.4, 0.5) is 11.4 Å². The monoisotopic (exact) mass is 266 g/mol. The molecule has 104 valence electrons. The van der Waals surface area contributed by atoms with Crippen molar-refractivity contribution in [2.75, 3.05) is 32.2 Å². The standard InChI is InChI=1S/C13H18N2O4/c1-10-3-4-11(15(16)17)7-12(10)14-8-13(18-2)5-6-19-9-13/h3-4,7,14H,5-6,8-9H2,1-2H3. The van der Waals surface area contributed by atoms with E-state index in [0.717, 1.165) is 17.7 Å². The van der Waals surface area contributed by atoms with Crippen molar-refractivity contribution in [2.45, 2.75) is 18.9 Å². The van der Waals surface area contributed by atoms with Crippen LogP contribution in [-0.2, 0) is 9.47 Å². The quantitative estimate of drug-likeness (QED) is 0.652. The van der Waals surface area contributed by atoms with Gasteiger partial charge in [-0.15, -0.1) is 0 Å². The molecule has 1 unspecified atom stereocenters. The Bertz CT molecular complexity index is 470. The molecule has 1 saturated heterocycles. The number of aryl methyl sites for hydroxylation is 1. The third kappa shape index (κ3) is 3.02. The first-order chi connectivity index (χ1) is 9.06. The van der Waals surface area contributed by atoms with Crippen molar-refractivity contribution in [1.82, 2.24) is 0 Å². The van der Waals surface area contributed by atoms with Crippen LogP contribution in [0.25, 0.3) is 0 Å². The van der Waals surface area contributed by atoms with Crippen molar-refractivity contribution in [2.24, 2.45) is 0 Å². The van der Waals surface area contributed by atoms with E-state index in [0.29, 0.717) is 19.8 Å². The molecule has 6 nitrogen and oxygen atoms in total. The Morgan fingerprint density at radius 3 is 2.95 bits per heavy atom. The van der Waals surface area contributed by atoms with Gasteiger partial charge in [-0.3, -0.25) is 10.1 Å². The molecule has 1 aliphatic heterocycles. The molecule has 0 saturated carbocycles. The van der Waals surface area contributed by atoms with Crippen molar-refractivity contribution < 1.29 is 14.4 Å². The highest BCUT2D eigenvalue weighted by atomic mass is 16.6. The Morgan fingerprint density at radius 1 is 1.58 bits per heavy atom. The number of benzene rings is 1. The van der Waals surface area contributed by atoms with E-state index in [1.807, 2.05) is 6.92 Å². The van der Waals surface area contributed by atoms with E-state index < -0.39 is 4.92 Å². The molecular weight excluding hydrogens is 248 g/mol. The molecule has 0 spiro atoms. The molecule has 1 aliphatic rings. The molecule has 0 aromatic heterocycles. The number of hydrogen-bond donors (Lipinski definition) is 1. The topological polar surface area (TPSA) is 73.6 Å². The molecule has 0 bridgehead atoms. The summed E-state index contributed by atoms with van der Waals surface area (Å²) >= 11 is 0. The van der Waals surface area contributed by atoms with Crippen LogP contribution >= 0.6 is 0 Å². The molecule has 1 atom stereocenters.